The molecule has 2 bridgehead atoms. The number of hydrogen-bond acceptors (Lipinski definition) is 7. The summed E-state index contributed by atoms with van der Waals surface area (Å²) in [7, 11) is 0. The minimum Gasteiger partial charge on any atom is -0.477 e. The number of rotatable bonds is 5. The van der Waals surface area contributed by atoms with E-state index in [1.165, 1.54) is 6.42 Å². The van der Waals surface area contributed by atoms with Gasteiger partial charge in [0.15, 0.2) is 0 Å². The summed E-state index contributed by atoms with van der Waals surface area (Å²) < 4.78 is 1.84. The predicted molar refractivity (Wildman–Crippen MR) is 130 cm³/mol. The molecule has 2 atom stereocenters. The average molecular weight is 476 g/mol. The number of hydrogen-bond donors (Lipinski definition) is 3. The average Bonchev–Trinajstić information content (AvgIpc) is 3.57. The Morgan fingerprint density at radius 1 is 1.03 bits per heavy atom. The van der Waals surface area contributed by atoms with Gasteiger partial charge in [0.1, 0.15) is 17.2 Å². The van der Waals surface area contributed by atoms with Crippen LogP contribution in [0.15, 0.2) is 30.6 Å². The van der Waals surface area contributed by atoms with E-state index in [4.69, 9.17) is 0 Å². The molecule has 1 amide bonds. The minimum atomic E-state index is -0.959. The third-order valence-electron chi connectivity index (χ3n) is 7.55. The minimum absolute atomic E-state index is 0.00617. The zero-order chi connectivity index (χ0) is 23.9. The summed E-state index contributed by atoms with van der Waals surface area (Å²) in [5.74, 6) is -0.0890. The second-order valence-electron chi connectivity index (χ2n) is 9.85. The first-order valence-electron chi connectivity index (χ1n) is 12.4. The molecule has 5 heterocycles. The highest BCUT2D eigenvalue weighted by atomic mass is 16.4. The number of aromatic nitrogens is 4. The lowest BCUT2D eigenvalue weighted by Gasteiger charge is -2.24. The number of aromatic carboxylic acids is 1. The molecule has 6 rings (SSSR count). The lowest BCUT2D eigenvalue weighted by atomic mass is 10.1. The van der Waals surface area contributed by atoms with Crippen LogP contribution in [0.1, 0.15) is 71.8 Å². The molecule has 35 heavy (non-hydrogen) atoms. The van der Waals surface area contributed by atoms with Crippen LogP contribution in [0, 0.1) is 0 Å². The summed E-state index contributed by atoms with van der Waals surface area (Å²) in [5.41, 5.74) is 1.42. The van der Waals surface area contributed by atoms with Crippen molar-refractivity contribution < 1.29 is 14.7 Å². The van der Waals surface area contributed by atoms with Crippen LogP contribution < -0.4 is 10.6 Å². The molecule has 1 aliphatic carbocycles. The largest absolute Gasteiger partial charge is 0.477 e. The van der Waals surface area contributed by atoms with E-state index >= 15 is 0 Å². The standard InChI is InChI=1S/C25H29N7O3/c33-23(31-10-9-17-6-7-18(14-31)28-17)15-5-8-21(26-12-15)29-25-27-13-16-11-20(24(34)35)32(22(16)30-25)19-3-1-2-4-19/h5,8,11-13,17-19,28H,1-4,6-7,9-10,14H2,(H,34,35)(H,26,27,29,30)/t17-,18+/m1/s1. The molecule has 3 aliphatic rings. The van der Waals surface area contributed by atoms with Gasteiger partial charge in [-0.2, -0.15) is 4.98 Å². The van der Waals surface area contributed by atoms with Crippen LogP contribution in [-0.4, -0.2) is 66.6 Å². The van der Waals surface area contributed by atoms with Crippen molar-refractivity contribution in [1.82, 2.24) is 29.7 Å². The Kier molecular flexibility index (Phi) is 5.60. The highest BCUT2D eigenvalue weighted by Crippen LogP contribution is 2.34. The molecular weight excluding hydrogens is 446 g/mol. The number of carbonyl (C=O) groups excluding carboxylic acids is 1. The van der Waals surface area contributed by atoms with Crippen LogP contribution in [-0.2, 0) is 0 Å². The second kappa shape index (κ2) is 8.92. The number of nitrogens with one attached hydrogen (secondary N) is 2. The number of likely N-dealkylation sites (tertiary alicyclic amines) is 1. The van der Waals surface area contributed by atoms with E-state index < -0.39 is 5.97 Å². The van der Waals surface area contributed by atoms with Crippen LogP contribution in [0.4, 0.5) is 11.8 Å². The first-order chi connectivity index (χ1) is 17.0. The number of fused-ring (bicyclic) bond motifs is 3. The van der Waals surface area contributed by atoms with Crippen molar-refractivity contribution in [2.45, 2.75) is 63.1 Å². The van der Waals surface area contributed by atoms with Gasteiger partial charge in [0.05, 0.1) is 5.56 Å². The zero-order valence-electron chi connectivity index (χ0n) is 19.5. The van der Waals surface area contributed by atoms with E-state index in [1.807, 2.05) is 9.47 Å². The van der Waals surface area contributed by atoms with Gasteiger partial charge in [-0.05, 0) is 50.3 Å². The molecule has 3 fully saturated rings. The van der Waals surface area contributed by atoms with Crippen molar-refractivity contribution in [3.63, 3.8) is 0 Å². The Bertz CT molecular complexity index is 1270. The number of anilines is 2. The van der Waals surface area contributed by atoms with E-state index in [-0.39, 0.29) is 17.6 Å². The number of pyridine rings is 1. The summed E-state index contributed by atoms with van der Waals surface area (Å²) in [6, 6.07) is 6.22. The van der Waals surface area contributed by atoms with E-state index in [0.717, 1.165) is 51.6 Å². The fourth-order valence-corrected chi connectivity index (χ4v) is 5.78. The first-order valence-corrected chi connectivity index (χ1v) is 12.4. The van der Waals surface area contributed by atoms with Crippen LogP contribution in [0.2, 0.25) is 0 Å². The van der Waals surface area contributed by atoms with Gasteiger partial charge in [0.2, 0.25) is 5.95 Å². The van der Waals surface area contributed by atoms with Gasteiger partial charge in [-0.25, -0.2) is 14.8 Å². The van der Waals surface area contributed by atoms with Crippen molar-refractivity contribution in [1.29, 1.82) is 0 Å². The monoisotopic (exact) mass is 475 g/mol. The van der Waals surface area contributed by atoms with Crippen LogP contribution in [0.5, 0.6) is 0 Å². The molecule has 2 saturated heterocycles. The molecule has 3 N–H and O–H groups in total. The second-order valence-corrected chi connectivity index (χ2v) is 9.85. The lowest BCUT2D eigenvalue weighted by molar-refractivity contribution is 0.0682. The van der Waals surface area contributed by atoms with Gasteiger partial charge in [0, 0.05) is 49.0 Å². The third kappa shape index (κ3) is 4.22. The van der Waals surface area contributed by atoms with Crippen molar-refractivity contribution >= 4 is 34.7 Å². The van der Waals surface area contributed by atoms with Crippen LogP contribution in [0.25, 0.3) is 11.0 Å². The molecule has 2 aliphatic heterocycles. The fourth-order valence-electron chi connectivity index (χ4n) is 5.78. The van der Waals surface area contributed by atoms with Crippen molar-refractivity contribution in [2.75, 3.05) is 18.4 Å². The zero-order valence-corrected chi connectivity index (χ0v) is 19.5. The summed E-state index contributed by atoms with van der Waals surface area (Å²) in [6.45, 7) is 1.50. The highest BCUT2D eigenvalue weighted by Gasteiger charge is 2.31. The molecule has 3 aromatic rings. The topological polar surface area (TPSA) is 125 Å². The maximum Gasteiger partial charge on any atom is 0.352 e. The fraction of sp³-hybridized carbons (Fsp3) is 0.480. The van der Waals surface area contributed by atoms with E-state index in [2.05, 4.69) is 25.6 Å². The van der Waals surface area contributed by atoms with Crippen LogP contribution in [0.3, 0.4) is 0 Å². The SMILES string of the molecule is O=C(O)c1cc2cnc(Nc3ccc(C(=O)N4CC[C@H]5CC[C@@H](C4)N5)cn3)nc2n1C1CCCC1. The normalized spacial score (nSPS) is 22.5. The maximum atomic E-state index is 13.0. The molecule has 0 radical (unpaired) electrons. The lowest BCUT2D eigenvalue weighted by Crippen LogP contribution is -2.39. The Morgan fingerprint density at radius 3 is 2.63 bits per heavy atom. The Labute approximate surface area is 202 Å². The van der Waals surface area contributed by atoms with E-state index in [0.29, 0.717) is 40.4 Å². The molecule has 1 saturated carbocycles. The van der Waals surface area contributed by atoms with Crippen molar-refractivity contribution in [3.8, 4) is 0 Å². The maximum absolute atomic E-state index is 13.0. The summed E-state index contributed by atoms with van der Waals surface area (Å²) in [4.78, 5) is 40.2. The molecule has 10 nitrogen and oxygen atoms in total. The van der Waals surface area contributed by atoms with Gasteiger partial charge in [-0.1, -0.05) is 12.8 Å². The van der Waals surface area contributed by atoms with Crippen LogP contribution >= 0.6 is 0 Å². The van der Waals surface area contributed by atoms with Gasteiger partial charge >= 0.3 is 5.97 Å². The number of carbonyl (C=O) groups is 2. The van der Waals surface area contributed by atoms with E-state index in [9.17, 15) is 14.7 Å². The molecule has 0 unspecified atom stereocenters. The first kappa shape index (κ1) is 22.0. The smallest absolute Gasteiger partial charge is 0.352 e. The number of carboxylic acids is 1. The predicted octanol–water partition coefficient (Wildman–Crippen LogP) is 3.35. The Morgan fingerprint density at radius 2 is 1.86 bits per heavy atom. The number of carboxylic acid groups (broad SMARTS) is 1. The molecule has 182 valence electrons. The third-order valence-corrected chi connectivity index (χ3v) is 7.55. The van der Waals surface area contributed by atoms with Gasteiger partial charge in [-0.15, -0.1) is 0 Å². The molecule has 0 aromatic carbocycles. The summed E-state index contributed by atoms with van der Waals surface area (Å²) in [6.07, 6.45) is 10.6. The van der Waals surface area contributed by atoms with E-state index in [1.54, 1.807) is 30.6 Å². The van der Waals surface area contributed by atoms with Gasteiger partial charge in [0.25, 0.3) is 5.91 Å². The highest BCUT2D eigenvalue weighted by molar-refractivity contribution is 5.94. The molecule has 3 aromatic heterocycles. The van der Waals surface area contributed by atoms with Gasteiger partial charge in [-0.3, -0.25) is 4.79 Å². The Hall–Kier alpha value is -3.53. The molecule has 10 heteroatoms. The summed E-state index contributed by atoms with van der Waals surface area (Å²) in [5, 5.41) is 17.1. The molecular formula is C25H29N7O3. The quantitative estimate of drug-likeness (QED) is 0.513. The Balaban J connectivity index is 1.21. The number of nitrogens with zero attached hydrogens (tertiary/aromatic N) is 5. The molecule has 0 spiro atoms. The number of amides is 1. The van der Waals surface area contributed by atoms with Crippen molar-refractivity contribution in [2.24, 2.45) is 0 Å². The summed E-state index contributed by atoms with van der Waals surface area (Å²) >= 11 is 0. The van der Waals surface area contributed by atoms with Crippen molar-refractivity contribution in [3.05, 3.63) is 41.9 Å². The van der Waals surface area contributed by atoms with Gasteiger partial charge < -0.3 is 25.2 Å².